The highest BCUT2D eigenvalue weighted by Crippen LogP contribution is 2.26. The number of hydrogen-bond donors (Lipinski definition) is 2. The molecule has 17 heavy (non-hydrogen) atoms. The van der Waals surface area contributed by atoms with Crippen LogP contribution >= 0.6 is 11.8 Å². The molecule has 1 heterocycles. The smallest absolute Gasteiger partial charge is 0.134 e. The van der Waals surface area contributed by atoms with E-state index in [-0.39, 0.29) is 6.61 Å². The molecule has 0 fully saturated rings. The van der Waals surface area contributed by atoms with Crippen LogP contribution in [0.5, 0.6) is 0 Å². The Hall–Kier alpha value is -0.810. The SMILES string of the molecule is CNc1cc(SC(C)CCO)nc(C(C)C)n1. The van der Waals surface area contributed by atoms with Gasteiger partial charge in [-0.2, -0.15) is 0 Å². The monoisotopic (exact) mass is 255 g/mol. The number of aliphatic hydroxyl groups excluding tert-OH is 1. The van der Waals surface area contributed by atoms with Crippen molar-refractivity contribution in [3.8, 4) is 0 Å². The Labute approximate surface area is 107 Å². The van der Waals surface area contributed by atoms with E-state index in [0.29, 0.717) is 11.2 Å². The molecule has 1 unspecified atom stereocenters. The number of nitrogens with one attached hydrogen (secondary N) is 1. The minimum absolute atomic E-state index is 0.217. The summed E-state index contributed by atoms with van der Waals surface area (Å²) < 4.78 is 0. The van der Waals surface area contributed by atoms with Crippen molar-refractivity contribution < 1.29 is 5.11 Å². The van der Waals surface area contributed by atoms with Gasteiger partial charge in [0.1, 0.15) is 16.7 Å². The summed E-state index contributed by atoms with van der Waals surface area (Å²) >= 11 is 1.68. The van der Waals surface area contributed by atoms with Gasteiger partial charge in [0.2, 0.25) is 0 Å². The van der Waals surface area contributed by atoms with Gasteiger partial charge < -0.3 is 10.4 Å². The number of aliphatic hydroxyl groups is 1. The topological polar surface area (TPSA) is 58.0 Å². The Balaban J connectivity index is 2.87. The van der Waals surface area contributed by atoms with Crippen LogP contribution in [0.4, 0.5) is 5.82 Å². The van der Waals surface area contributed by atoms with Crippen LogP contribution in [0.2, 0.25) is 0 Å². The molecule has 0 bridgehead atoms. The number of hydrogen-bond acceptors (Lipinski definition) is 5. The van der Waals surface area contributed by atoms with Gasteiger partial charge in [0.15, 0.2) is 0 Å². The Kier molecular flexibility index (Phi) is 5.71. The van der Waals surface area contributed by atoms with Gasteiger partial charge >= 0.3 is 0 Å². The Bertz CT molecular complexity index is 358. The first-order valence-corrected chi connectivity index (χ1v) is 6.79. The maximum Gasteiger partial charge on any atom is 0.134 e. The predicted molar refractivity (Wildman–Crippen MR) is 72.7 cm³/mol. The van der Waals surface area contributed by atoms with E-state index < -0.39 is 0 Å². The molecule has 1 aromatic heterocycles. The molecule has 1 aromatic rings. The Morgan fingerprint density at radius 1 is 1.35 bits per heavy atom. The second-order valence-corrected chi connectivity index (χ2v) is 5.75. The lowest BCUT2D eigenvalue weighted by Crippen LogP contribution is -2.05. The molecule has 0 aromatic carbocycles. The van der Waals surface area contributed by atoms with E-state index in [1.54, 1.807) is 11.8 Å². The maximum atomic E-state index is 8.90. The van der Waals surface area contributed by atoms with E-state index in [2.05, 4.69) is 36.1 Å². The third-order valence-electron chi connectivity index (χ3n) is 2.35. The van der Waals surface area contributed by atoms with Gasteiger partial charge in [-0.15, -0.1) is 11.8 Å². The molecular formula is C12H21N3OS. The van der Waals surface area contributed by atoms with Gasteiger partial charge in [0.25, 0.3) is 0 Å². The fourth-order valence-corrected chi connectivity index (χ4v) is 2.30. The van der Waals surface area contributed by atoms with E-state index in [9.17, 15) is 0 Å². The predicted octanol–water partition coefficient (Wildman–Crippen LogP) is 2.50. The van der Waals surface area contributed by atoms with Crippen LogP contribution in [0.15, 0.2) is 11.1 Å². The zero-order valence-corrected chi connectivity index (χ0v) is 11.7. The van der Waals surface area contributed by atoms with E-state index in [4.69, 9.17) is 5.11 Å². The normalized spacial score (nSPS) is 12.8. The lowest BCUT2D eigenvalue weighted by Gasteiger charge is -2.12. The second-order valence-electron chi connectivity index (χ2n) is 4.30. The molecule has 0 aliphatic rings. The van der Waals surface area contributed by atoms with Crippen molar-refractivity contribution in [1.82, 2.24) is 9.97 Å². The van der Waals surface area contributed by atoms with Gasteiger partial charge in [0, 0.05) is 30.9 Å². The first-order chi connectivity index (χ1) is 8.06. The third kappa shape index (κ3) is 4.52. The molecular weight excluding hydrogens is 234 g/mol. The molecule has 2 N–H and O–H groups in total. The van der Waals surface area contributed by atoms with Crippen molar-refractivity contribution in [2.24, 2.45) is 0 Å². The largest absolute Gasteiger partial charge is 0.396 e. The molecule has 1 rings (SSSR count). The molecule has 1 atom stereocenters. The van der Waals surface area contributed by atoms with Crippen molar-refractivity contribution in [2.75, 3.05) is 19.0 Å². The Morgan fingerprint density at radius 3 is 2.59 bits per heavy atom. The molecule has 96 valence electrons. The van der Waals surface area contributed by atoms with Crippen molar-refractivity contribution in [3.63, 3.8) is 0 Å². The van der Waals surface area contributed by atoms with Crippen LogP contribution in [0.3, 0.4) is 0 Å². The van der Waals surface area contributed by atoms with E-state index in [1.807, 2.05) is 13.1 Å². The number of anilines is 1. The summed E-state index contributed by atoms with van der Waals surface area (Å²) in [6.07, 6.45) is 0.778. The average Bonchev–Trinajstić information content (AvgIpc) is 2.28. The molecule has 0 aliphatic heterocycles. The lowest BCUT2D eigenvalue weighted by atomic mass is 10.2. The van der Waals surface area contributed by atoms with Crippen molar-refractivity contribution in [3.05, 3.63) is 11.9 Å². The summed E-state index contributed by atoms with van der Waals surface area (Å²) in [6.45, 7) is 6.48. The van der Waals surface area contributed by atoms with E-state index in [0.717, 1.165) is 23.1 Å². The summed E-state index contributed by atoms with van der Waals surface area (Å²) in [5.41, 5.74) is 0. The molecule has 5 heteroatoms. The molecule has 0 saturated heterocycles. The second kappa shape index (κ2) is 6.81. The van der Waals surface area contributed by atoms with Crippen LogP contribution in [0.1, 0.15) is 38.9 Å². The van der Waals surface area contributed by atoms with Gasteiger partial charge in [-0.05, 0) is 6.42 Å². The van der Waals surface area contributed by atoms with E-state index in [1.165, 1.54) is 0 Å². The minimum Gasteiger partial charge on any atom is -0.396 e. The summed E-state index contributed by atoms with van der Waals surface area (Å²) in [4.78, 5) is 8.95. The zero-order chi connectivity index (χ0) is 12.8. The zero-order valence-electron chi connectivity index (χ0n) is 10.9. The quantitative estimate of drug-likeness (QED) is 0.604. The van der Waals surface area contributed by atoms with Gasteiger partial charge in [-0.25, -0.2) is 9.97 Å². The summed E-state index contributed by atoms with van der Waals surface area (Å²) in [5.74, 6) is 2.02. The van der Waals surface area contributed by atoms with Crippen LogP contribution < -0.4 is 5.32 Å². The first kappa shape index (κ1) is 14.3. The highest BCUT2D eigenvalue weighted by Gasteiger charge is 2.10. The molecule has 4 nitrogen and oxygen atoms in total. The number of rotatable bonds is 6. The van der Waals surface area contributed by atoms with Crippen LogP contribution in [-0.4, -0.2) is 34.0 Å². The molecule has 0 spiro atoms. The minimum atomic E-state index is 0.217. The Morgan fingerprint density at radius 2 is 2.06 bits per heavy atom. The van der Waals surface area contributed by atoms with Gasteiger partial charge in [0.05, 0.1) is 0 Å². The van der Waals surface area contributed by atoms with Crippen LogP contribution in [0.25, 0.3) is 0 Å². The standard InChI is InChI=1S/C12H21N3OS/c1-8(2)12-14-10(13-4)7-11(15-12)17-9(3)5-6-16/h7-9,16H,5-6H2,1-4H3,(H,13,14,15). The molecule has 0 radical (unpaired) electrons. The van der Waals surface area contributed by atoms with Crippen LogP contribution in [0, 0.1) is 0 Å². The highest BCUT2D eigenvalue weighted by atomic mass is 32.2. The van der Waals surface area contributed by atoms with Crippen molar-refractivity contribution >= 4 is 17.6 Å². The van der Waals surface area contributed by atoms with Gasteiger partial charge in [-0.3, -0.25) is 0 Å². The fraction of sp³-hybridized carbons (Fsp3) is 0.667. The molecule has 0 saturated carbocycles. The summed E-state index contributed by atoms with van der Waals surface area (Å²) in [6, 6.07) is 1.95. The summed E-state index contributed by atoms with van der Waals surface area (Å²) in [5, 5.41) is 13.3. The molecule has 0 amide bonds. The van der Waals surface area contributed by atoms with Crippen molar-refractivity contribution in [1.29, 1.82) is 0 Å². The number of nitrogens with zero attached hydrogens (tertiary/aromatic N) is 2. The fourth-order valence-electron chi connectivity index (χ4n) is 1.34. The average molecular weight is 255 g/mol. The highest BCUT2D eigenvalue weighted by molar-refractivity contribution is 7.99. The molecule has 0 aliphatic carbocycles. The lowest BCUT2D eigenvalue weighted by molar-refractivity contribution is 0.289. The first-order valence-electron chi connectivity index (χ1n) is 5.91. The van der Waals surface area contributed by atoms with Crippen LogP contribution in [-0.2, 0) is 0 Å². The van der Waals surface area contributed by atoms with Crippen molar-refractivity contribution in [2.45, 2.75) is 43.4 Å². The number of thioether (sulfide) groups is 1. The summed E-state index contributed by atoms with van der Waals surface area (Å²) in [7, 11) is 1.86. The maximum absolute atomic E-state index is 8.90. The third-order valence-corrected chi connectivity index (χ3v) is 3.44. The van der Waals surface area contributed by atoms with Gasteiger partial charge in [-0.1, -0.05) is 20.8 Å². The van der Waals surface area contributed by atoms with E-state index >= 15 is 0 Å². The number of aromatic nitrogens is 2.